The molecular weight excluding hydrogens is 409 g/mol. The molecule has 1 aliphatic carbocycles. The highest BCUT2D eigenvalue weighted by Crippen LogP contribution is 2.41. The van der Waals surface area contributed by atoms with Crippen molar-refractivity contribution >= 4 is 40.5 Å². The van der Waals surface area contributed by atoms with E-state index in [1.807, 2.05) is 23.1 Å². The van der Waals surface area contributed by atoms with Crippen LogP contribution in [-0.2, 0) is 9.53 Å². The molecule has 1 aromatic rings. The van der Waals surface area contributed by atoms with Gasteiger partial charge >= 0.3 is 0 Å². The van der Waals surface area contributed by atoms with Crippen molar-refractivity contribution in [2.75, 3.05) is 42.6 Å². The normalized spacial score (nSPS) is 20.7. The van der Waals surface area contributed by atoms with Gasteiger partial charge in [-0.3, -0.25) is 4.79 Å². The van der Waals surface area contributed by atoms with Gasteiger partial charge in [-0.2, -0.15) is 0 Å². The van der Waals surface area contributed by atoms with Crippen molar-refractivity contribution in [1.82, 2.24) is 5.32 Å². The van der Waals surface area contributed by atoms with Crippen LogP contribution >= 0.6 is 23.2 Å². The second-order valence-electron chi connectivity index (χ2n) is 7.78. The molecule has 4 rings (SSSR count). The summed E-state index contributed by atoms with van der Waals surface area (Å²) in [5.74, 6) is -0.0246. The van der Waals surface area contributed by atoms with Gasteiger partial charge in [-0.15, -0.1) is 0 Å². The van der Waals surface area contributed by atoms with Crippen molar-refractivity contribution in [3.05, 3.63) is 59.1 Å². The van der Waals surface area contributed by atoms with E-state index >= 15 is 0 Å². The van der Waals surface area contributed by atoms with E-state index in [2.05, 4.69) is 29.4 Å². The Bertz CT molecular complexity index is 875. The Kier molecular flexibility index (Phi) is 5.76. The fourth-order valence-corrected chi connectivity index (χ4v) is 4.12. The van der Waals surface area contributed by atoms with Crippen LogP contribution in [0, 0.1) is 0 Å². The average Bonchev–Trinajstić information content (AvgIpc) is 3.49. The SMILES string of the molecule is C=C(Cl)/C=C(/COC1(C(=O)N2CCN(C3CC3)c3ccccc32)CNC1)C(=C)Cl. The molecule has 2 heterocycles. The lowest BCUT2D eigenvalue weighted by molar-refractivity contribution is -0.149. The van der Waals surface area contributed by atoms with Gasteiger partial charge in [0.05, 0.1) is 18.0 Å². The van der Waals surface area contributed by atoms with Crippen LogP contribution in [0.25, 0.3) is 0 Å². The number of fused-ring (bicyclic) bond motifs is 1. The molecule has 0 bridgehead atoms. The first kappa shape index (κ1) is 20.5. The maximum atomic E-state index is 13.6. The van der Waals surface area contributed by atoms with Crippen LogP contribution in [0.3, 0.4) is 0 Å². The number of halogens is 2. The van der Waals surface area contributed by atoms with Gasteiger partial charge in [0.25, 0.3) is 5.91 Å². The zero-order chi connectivity index (χ0) is 20.6. The summed E-state index contributed by atoms with van der Waals surface area (Å²) in [5.41, 5.74) is 1.78. The van der Waals surface area contributed by atoms with Gasteiger partial charge in [-0.1, -0.05) is 48.5 Å². The van der Waals surface area contributed by atoms with Crippen LogP contribution in [0.1, 0.15) is 12.8 Å². The summed E-state index contributed by atoms with van der Waals surface area (Å²) >= 11 is 11.9. The van der Waals surface area contributed by atoms with Gasteiger partial charge in [0, 0.05) is 42.3 Å². The maximum Gasteiger partial charge on any atom is 0.262 e. The van der Waals surface area contributed by atoms with E-state index in [0.717, 1.165) is 17.9 Å². The van der Waals surface area contributed by atoms with Gasteiger partial charge in [0.1, 0.15) is 0 Å². The predicted molar refractivity (Wildman–Crippen MR) is 119 cm³/mol. The minimum absolute atomic E-state index is 0.0246. The summed E-state index contributed by atoms with van der Waals surface area (Å²) in [6.45, 7) is 9.96. The highest BCUT2D eigenvalue weighted by atomic mass is 35.5. The number of rotatable bonds is 7. The summed E-state index contributed by atoms with van der Waals surface area (Å²) < 4.78 is 6.13. The first-order valence-electron chi connectivity index (χ1n) is 9.83. The Balaban J connectivity index is 1.55. The fraction of sp³-hybridized carbons (Fsp3) is 0.409. The lowest BCUT2D eigenvalue weighted by Crippen LogP contribution is -2.70. The molecule has 2 fully saturated rings. The molecule has 29 heavy (non-hydrogen) atoms. The van der Waals surface area contributed by atoms with Gasteiger partial charge in [0.15, 0.2) is 5.60 Å². The minimum Gasteiger partial charge on any atom is -0.365 e. The minimum atomic E-state index is -0.923. The van der Waals surface area contributed by atoms with Crippen molar-refractivity contribution in [2.24, 2.45) is 0 Å². The number of nitrogens with zero attached hydrogens (tertiary/aromatic N) is 2. The van der Waals surface area contributed by atoms with Crippen LogP contribution in [0.4, 0.5) is 11.4 Å². The number of carbonyl (C=O) groups is 1. The number of ether oxygens (including phenoxy) is 1. The summed E-state index contributed by atoms with van der Waals surface area (Å²) in [7, 11) is 0. The molecule has 2 aliphatic heterocycles. The third-order valence-electron chi connectivity index (χ3n) is 5.67. The number of benzene rings is 1. The van der Waals surface area contributed by atoms with Crippen molar-refractivity contribution in [3.8, 4) is 0 Å². The van der Waals surface area contributed by atoms with Gasteiger partial charge in [-0.25, -0.2) is 0 Å². The molecular formula is C22H25Cl2N3O2. The van der Waals surface area contributed by atoms with E-state index in [-0.39, 0.29) is 12.5 Å². The Hall–Kier alpha value is -1.79. The van der Waals surface area contributed by atoms with Gasteiger partial charge < -0.3 is 19.9 Å². The van der Waals surface area contributed by atoms with Crippen molar-refractivity contribution in [1.29, 1.82) is 0 Å². The zero-order valence-electron chi connectivity index (χ0n) is 16.3. The summed E-state index contributed by atoms with van der Waals surface area (Å²) in [6.07, 6.45) is 4.07. The first-order valence-corrected chi connectivity index (χ1v) is 10.6. The van der Waals surface area contributed by atoms with Gasteiger partial charge in [-0.05, 0) is 36.6 Å². The standard InChI is InChI=1S/C22H25Cl2N3O2/c1-15(23)11-17(16(2)24)12-29-22(13-25-14-22)21(28)27-10-9-26(18-7-8-18)19-5-3-4-6-20(19)27/h3-6,11,18,25H,1-2,7-10,12-14H2/b17-11-. The lowest BCUT2D eigenvalue weighted by Gasteiger charge is -2.46. The molecule has 0 spiro atoms. The monoisotopic (exact) mass is 433 g/mol. The molecule has 1 amide bonds. The highest BCUT2D eigenvalue weighted by Gasteiger charge is 2.49. The number of hydrogen-bond acceptors (Lipinski definition) is 4. The number of para-hydroxylation sites is 2. The van der Waals surface area contributed by atoms with E-state index in [9.17, 15) is 4.79 Å². The third-order valence-corrected chi connectivity index (χ3v) is 6.03. The average molecular weight is 434 g/mol. The zero-order valence-corrected chi connectivity index (χ0v) is 17.8. The predicted octanol–water partition coefficient (Wildman–Crippen LogP) is 3.79. The summed E-state index contributed by atoms with van der Waals surface area (Å²) in [4.78, 5) is 17.9. The molecule has 0 radical (unpaired) electrons. The van der Waals surface area contributed by atoms with E-state index in [0.29, 0.717) is 41.3 Å². The molecule has 3 aliphatic rings. The van der Waals surface area contributed by atoms with Crippen molar-refractivity contribution < 1.29 is 9.53 Å². The fourth-order valence-electron chi connectivity index (χ4n) is 3.88. The van der Waals surface area contributed by atoms with E-state index in [1.165, 1.54) is 12.8 Å². The quantitative estimate of drug-likeness (QED) is 0.664. The van der Waals surface area contributed by atoms with Crippen LogP contribution in [0.5, 0.6) is 0 Å². The number of allylic oxidation sites excluding steroid dienone is 2. The number of amides is 1. The molecule has 5 nitrogen and oxygen atoms in total. The largest absolute Gasteiger partial charge is 0.365 e. The Morgan fingerprint density at radius 2 is 1.90 bits per heavy atom. The number of carbonyl (C=O) groups excluding carboxylic acids is 1. The highest BCUT2D eigenvalue weighted by molar-refractivity contribution is 6.33. The summed E-state index contributed by atoms with van der Waals surface area (Å²) in [6, 6.07) is 8.73. The first-order chi connectivity index (χ1) is 13.9. The molecule has 0 unspecified atom stereocenters. The van der Waals surface area contributed by atoms with E-state index in [4.69, 9.17) is 27.9 Å². The molecule has 1 aromatic carbocycles. The topological polar surface area (TPSA) is 44.8 Å². The lowest BCUT2D eigenvalue weighted by atomic mass is 9.93. The Morgan fingerprint density at radius 3 is 2.45 bits per heavy atom. The number of hydrogen-bond donors (Lipinski definition) is 1. The van der Waals surface area contributed by atoms with E-state index < -0.39 is 5.60 Å². The molecule has 1 saturated carbocycles. The number of anilines is 2. The Labute approximate surface area is 181 Å². The van der Waals surface area contributed by atoms with Crippen molar-refractivity contribution in [3.63, 3.8) is 0 Å². The van der Waals surface area contributed by atoms with Gasteiger partial charge in [0.2, 0.25) is 0 Å². The second-order valence-corrected chi connectivity index (χ2v) is 8.72. The molecule has 7 heteroatoms. The van der Waals surface area contributed by atoms with Crippen LogP contribution in [0.2, 0.25) is 0 Å². The molecule has 0 atom stereocenters. The van der Waals surface area contributed by atoms with Crippen LogP contribution in [0.15, 0.2) is 59.1 Å². The second kappa shape index (κ2) is 8.15. The van der Waals surface area contributed by atoms with Crippen LogP contribution in [-0.4, -0.2) is 50.3 Å². The summed E-state index contributed by atoms with van der Waals surface area (Å²) in [5, 5.41) is 3.84. The molecule has 154 valence electrons. The molecule has 0 aromatic heterocycles. The smallest absolute Gasteiger partial charge is 0.262 e. The molecule has 1 saturated heterocycles. The van der Waals surface area contributed by atoms with Crippen LogP contribution < -0.4 is 15.1 Å². The van der Waals surface area contributed by atoms with Crippen molar-refractivity contribution in [2.45, 2.75) is 24.5 Å². The molecule has 1 N–H and O–H groups in total. The maximum absolute atomic E-state index is 13.6. The third kappa shape index (κ3) is 4.10. The Morgan fingerprint density at radius 1 is 1.21 bits per heavy atom. The number of nitrogens with one attached hydrogen (secondary N) is 1. The van der Waals surface area contributed by atoms with E-state index in [1.54, 1.807) is 6.08 Å².